The predicted octanol–water partition coefficient (Wildman–Crippen LogP) is 3.67. The lowest BCUT2D eigenvalue weighted by molar-refractivity contribution is 0.251. The number of halogens is 1. The molecule has 0 aromatic heterocycles. The first-order valence-corrected chi connectivity index (χ1v) is 6.48. The molecule has 104 valence electrons. The van der Waals surface area contributed by atoms with Gasteiger partial charge in [-0.3, -0.25) is 0 Å². The lowest BCUT2D eigenvalue weighted by Gasteiger charge is -2.09. The second-order valence-electron chi connectivity index (χ2n) is 4.17. The predicted molar refractivity (Wildman–Crippen MR) is 80.3 cm³/mol. The second kappa shape index (κ2) is 6.82. The summed E-state index contributed by atoms with van der Waals surface area (Å²) in [7, 11) is 1.58. The van der Waals surface area contributed by atoms with E-state index in [2.05, 4.69) is 10.6 Å². The molecule has 0 aliphatic carbocycles. The van der Waals surface area contributed by atoms with E-state index in [1.165, 1.54) is 0 Å². The van der Waals surface area contributed by atoms with Crippen molar-refractivity contribution in [1.82, 2.24) is 5.32 Å². The van der Waals surface area contributed by atoms with Crippen LogP contribution < -0.4 is 15.4 Å². The minimum atomic E-state index is -0.279. The fourth-order valence-corrected chi connectivity index (χ4v) is 1.92. The molecule has 0 fully saturated rings. The average Bonchev–Trinajstić information content (AvgIpc) is 2.45. The van der Waals surface area contributed by atoms with Crippen LogP contribution in [-0.4, -0.2) is 13.1 Å². The van der Waals surface area contributed by atoms with Gasteiger partial charge in [0.1, 0.15) is 5.75 Å². The molecule has 0 atom stereocenters. The molecule has 2 aromatic rings. The van der Waals surface area contributed by atoms with Crippen LogP contribution in [0.1, 0.15) is 5.56 Å². The molecule has 0 heterocycles. The van der Waals surface area contributed by atoms with Crippen molar-refractivity contribution in [2.45, 2.75) is 6.54 Å². The molecule has 0 aliphatic rings. The summed E-state index contributed by atoms with van der Waals surface area (Å²) in [4.78, 5) is 11.8. The van der Waals surface area contributed by atoms with Gasteiger partial charge in [-0.15, -0.1) is 0 Å². The summed E-state index contributed by atoms with van der Waals surface area (Å²) in [6, 6.07) is 14.2. The van der Waals surface area contributed by atoms with Gasteiger partial charge in [-0.05, 0) is 29.8 Å². The Morgan fingerprint density at radius 2 is 2.00 bits per heavy atom. The fraction of sp³-hybridized carbons (Fsp3) is 0.133. The summed E-state index contributed by atoms with van der Waals surface area (Å²) in [6.45, 7) is 0.413. The topological polar surface area (TPSA) is 50.4 Å². The number of amides is 2. The molecule has 4 nitrogen and oxygen atoms in total. The molecule has 0 bridgehead atoms. The summed E-state index contributed by atoms with van der Waals surface area (Å²) in [5, 5.41) is 6.15. The van der Waals surface area contributed by atoms with E-state index in [-0.39, 0.29) is 6.03 Å². The number of rotatable bonds is 4. The molecule has 0 unspecified atom stereocenters. The minimum Gasteiger partial charge on any atom is -0.497 e. The van der Waals surface area contributed by atoms with Crippen molar-refractivity contribution in [2.24, 2.45) is 0 Å². The Labute approximate surface area is 122 Å². The van der Waals surface area contributed by atoms with Gasteiger partial charge in [0.25, 0.3) is 0 Å². The zero-order chi connectivity index (χ0) is 14.4. The van der Waals surface area contributed by atoms with Crippen LogP contribution in [0.15, 0.2) is 48.5 Å². The van der Waals surface area contributed by atoms with Gasteiger partial charge in [0.05, 0.1) is 7.11 Å². The highest BCUT2D eigenvalue weighted by molar-refractivity contribution is 6.30. The Balaban J connectivity index is 1.89. The first-order chi connectivity index (χ1) is 9.67. The zero-order valence-corrected chi connectivity index (χ0v) is 11.8. The van der Waals surface area contributed by atoms with E-state index >= 15 is 0 Å². The minimum absolute atomic E-state index is 0.279. The highest BCUT2D eigenvalue weighted by Gasteiger charge is 2.03. The Hall–Kier alpha value is -2.20. The number of hydrogen-bond acceptors (Lipinski definition) is 2. The van der Waals surface area contributed by atoms with E-state index in [4.69, 9.17) is 16.3 Å². The lowest BCUT2D eigenvalue weighted by Crippen LogP contribution is -2.28. The third-order valence-electron chi connectivity index (χ3n) is 2.67. The molecule has 2 aromatic carbocycles. The van der Waals surface area contributed by atoms with E-state index < -0.39 is 0 Å². The van der Waals surface area contributed by atoms with Gasteiger partial charge in [-0.25, -0.2) is 4.79 Å². The molecular formula is C15H15ClN2O2. The third kappa shape index (κ3) is 4.17. The van der Waals surface area contributed by atoms with Gasteiger partial charge in [-0.2, -0.15) is 0 Å². The van der Waals surface area contributed by atoms with Crippen LogP contribution in [0.4, 0.5) is 10.5 Å². The summed E-state index contributed by atoms with van der Waals surface area (Å²) in [6.07, 6.45) is 0. The first-order valence-electron chi connectivity index (χ1n) is 6.11. The number of urea groups is 1. The molecule has 0 aliphatic heterocycles. The number of ether oxygens (including phenoxy) is 1. The number of carbonyl (C=O) groups excluding carboxylic acids is 1. The van der Waals surface area contributed by atoms with Crippen LogP contribution in [0.25, 0.3) is 0 Å². The summed E-state index contributed by atoms with van der Waals surface area (Å²) >= 11 is 5.88. The van der Waals surface area contributed by atoms with Gasteiger partial charge in [0, 0.05) is 23.3 Å². The van der Waals surface area contributed by atoms with Crippen LogP contribution in [0.2, 0.25) is 5.02 Å². The second-order valence-corrected chi connectivity index (χ2v) is 4.61. The van der Waals surface area contributed by atoms with Crippen LogP contribution in [0.5, 0.6) is 5.75 Å². The highest BCUT2D eigenvalue weighted by Crippen LogP contribution is 2.16. The first kappa shape index (κ1) is 14.2. The normalized spacial score (nSPS) is 9.90. The smallest absolute Gasteiger partial charge is 0.319 e. The third-order valence-corrected chi connectivity index (χ3v) is 2.90. The molecule has 2 amide bonds. The van der Waals surface area contributed by atoms with Crippen LogP contribution >= 0.6 is 11.6 Å². The quantitative estimate of drug-likeness (QED) is 0.902. The fourth-order valence-electron chi connectivity index (χ4n) is 1.71. The number of anilines is 1. The van der Waals surface area contributed by atoms with Crippen LogP contribution in [-0.2, 0) is 6.54 Å². The molecule has 2 N–H and O–H groups in total. The van der Waals surface area contributed by atoms with Crippen molar-refractivity contribution >= 4 is 23.3 Å². The van der Waals surface area contributed by atoms with Crippen molar-refractivity contribution in [3.8, 4) is 5.75 Å². The van der Waals surface area contributed by atoms with Crippen molar-refractivity contribution in [1.29, 1.82) is 0 Å². The maximum Gasteiger partial charge on any atom is 0.319 e. The van der Waals surface area contributed by atoms with Crippen molar-refractivity contribution < 1.29 is 9.53 Å². The van der Waals surface area contributed by atoms with Gasteiger partial charge in [-0.1, -0.05) is 29.8 Å². The molecule has 0 saturated carbocycles. The molecule has 20 heavy (non-hydrogen) atoms. The van der Waals surface area contributed by atoms with Gasteiger partial charge < -0.3 is 15.4 Å². The maximum absolute atomic E-state index is 11.8. The van der Waals surface area contributed by atoms with Crippen LogP contribution in [0.3, 0.4) is 0 Å². The number of benzene rings is 2. The van der Waals surface area contributed by atoms with Crippen molar-refractivity contribution in [3.05, 3.63) is 59.1 Å². The molecule has 0 radical (unpaired) electrons. The lowest BCUT2D eigenvalue weighted by atomic mass is 10.2. The Kier molecular flexibility index (Phi) is 4.85. The Bertz CT molecular complexity index is 602. The zero-order valence-electron chi connectivity index (χ0n) is 11.0. The van der Waals surface area contributed by atoms with E-state index in [0.29, 0.717) is 23.0 Å². The van der Waals surface area contributed by atoms with E-state index in [1.54, 1.807) is 25.3 Å². The summed E-state index contributed by atoms with van der Waals surface area (Å²) in [5.41, 5.74) is 1.62. The molecule has 2 rings (SSSR count). The Morgan fingerprint density at radius 3 is 2.75 bits per heavy atom. The number of methoxy groups -OCH3 is 1. The van der Waals surface area contributed by atoms with E-state index in [9.17, 15) is 4.79 Å². The highest BCUT2D eigenvalue weighted by atomic mass is 35.5. The monoisotopic (exact) mass is 290 g/mol. The maximum atomic E-state index is 11.8. The number of hydrogen-bond donors (Lipinski definition) is 2. The largest absolute Gasteiger partial charge is 0.497 e. The molecule has 0 saturated heterocycles. The van der Waals surface area contributed by atoms with Gasteiger partial charge >= 0.3 is 6.03 Å². The van der Waals surface area contributed by atoms with Gasteiger partial charge in [0.15, 0.2) is 0 Å². The van der Waals surface area contributed by atoms with E-state index in [1.807, 2.05) is 30.3 Å². The molecule has 0 spiro atoms. The SMILES string of the molecule is COc1cccc(NC(=O)NCc2cccc(Cl)c2)c1. The van der Waals surface area contributed by atoms with Crippen molar-refractivity contribution in [3.63, 3.8) is 0 Å². The van der Waals surface area contributed by atoms with Gasteiger partial charge in [0.2, 0.25) is 0 Å². The van der Waals surface area contributed by atoms with E-state index in [0.717, 1.165) is 5.56 Å². The number of nitrogens with one attached hydrogen (secondary N) is 2. The molecular weight excluding hydrogens is 276 g/mol. The summed E-state index contributed by atoms with van der Waals surface area (Å²) < 4.78 is 5.09. The van der Waals surface area contributed by atoms with Crippen molar-refractivity contribution in [2.75, 3.05) is 12.4 Å². The Morgan fingerprint density at radius 1 is 1.20 bits per heavy atom. The standard InChI is InChI=1S/C15H15ClN2O2/c1-20-14-7-3-6-13(9-14)18-15(19)17-10-11-4-2-5-12(16)8-11/h2-9H,10H2,1H3,(H2,17,18,19). The van der Waals surface area contributed by atoms with Crippen LogP contribution in [0, 0.1) is 0 Å². The number of carbonyl (C=O) groups is 1. The molecule has 5 heteroatoms. The summed E-state index contributed by atoms with van der Waals surface area (Å²) in [5.74, 6) is 0.692. The average molecular weight is 291 g/mol.